The third-order valence-corrected chi connectivity index (χ3v) is 5.16. The van der Waals surface area contributed by atoms with Crippen molar-refractivity contribution in [3.63, 3.8) is 0 Å². The van der Waals surface area contributed by atoms with E-state index in [0.717, 1.165) is 4.90 Å². The van der Waals surface area contributed by atoms with E-state index in [-0.39, 0.29) is 35.1 Å². The van der Waals surface area contributed by atoms with E-state index < -0.39 is 30.4 Å². The van der Waals surface area contributed by atoms with Crippen LogP contribution in [0.4, 0.5) is 8.78 Å². The minimum absolute atomic E-state index is 0.0996. The van der Waals surface area contributed by atoms with E-state index >= 15 is 0 Å². The van der Waals surface area contributed by atoms with Crippen LogP contribution in [0.25, 0.3) is 0 Å². The molecule has 7 nitrogen and oxygen atoms in total. The normalized spacial score (nSPS) is 14.0. The summed E-state index contributed by atoms with van der Waals surface area (Å²) in [6.07, 6.45) is 0.322. The lowest BCUT2D eigenvalue weighted by Crippen LogP contribution is -2.52. The quantitative estimate of drug-likeness (QED) is 0.598. The topological polar surface area (TPSA) is 84.9 Å². The molecule has 1 N–H and O–H groups in total. The second-order valence-electron chi connectivity index (χ2n) is 7.62. The van der Waals surface area contributed by atoms with Gasteiger partial charge >= 0.3 is 6.61 Å². The minimum atomic E-state index is -3.00. The van der Waals surface area contributed by atoms with Gasteiger partial charge in [-0.25, -0.2) is 0 Å². The Morgan fingerprint density at radius 3 is 2.19 bits per heavy atom. The second kappa shape index (κ2) is 9.76. The molecular formula is C23H24F2N2O5. The first-order chi connectivity index (χ1) is 15.2. The Morgan fingerprint density at radius 2 is 1.66 bits per heavy atom. The predicted molar refractivity (Wildman–Crippen MR) is 112 cm³/mol. The number of fused-ring (bicyclic) bond motifs is 1. The minimum Gasteiger partial charge on any atom is -0.493 e. The van der Waals surface area contributed by atoms with Gasteiger partial charge in [-0.2, -0.15) is 8.78 Å². The van der Waals surface area contributed by atoms with E-state index in [1.54, 1.807) is 44.2 Å². The van der Waals surface area contributed by atoms with Crippen LogP contribution in [-0.2, 0) is 11.2 Å². The molecule has 0 fully saturated rings. The average Bonchev–Trinajstić information content (AvgIpc) is 2.99. The molecule has 3 amide bonds. The van der Waals surface area contributed by atoms with Crippen LogP contribution in [0.2, 0.25) is 0 Å². The van der Waals surface area contributed by atoms with Crippen molar-refractivity contribution in [2.24, 2.45) is 5.92 Å². The van der Waals surface area contributed by atoms with Crippen molar-refractivity contribution in [2.75, 3.05) is 13.7 Å². The summed E-state index contributed by atoms with van der Waals surface area (Å²) in [6, 6.07) is 10.1. The number of nitrogens with zero attached hydrogens (tertiary/aromatic N) is 1. The first-order valence-electron chi connectivity index (χ1n) is 10.1. The molecule has 1 heterocycles. The molecule has 0 saturated carbocycles. The molecule has 0 aliphatic carbocycles. The average molecular weight is 446 g/mol. The summed E-state index contributed by atoms with van der Waals surface area (Å²) in [4.78, 5) is 39.5. The van der Waals surface area contributed by atoms with Crippen molar-refractivity contribution in [3.8, 4) is 11.5 Å². The Kier molecular flexibility index (Phi) is 7.07. The zero-order chi connectivity index (χ0) is 23.4. The van der Waals surface area contributed by atoms with Gasteiger partial charge < -0.3 is 14.8 Å². The van der Waals surface area contributed by atoms with Crippen LogP contribution in [0.5, 0.6) is 11.5 Å². The number of benzene rings is 2. The van der Waals surface area contributed by atoms with Gasteiger partial charge in [0.25, 0.3) is 11.8 Å². The number of ether oxygens (including phenoxy) is 2. The number of carbonyl (C=O) groups excluding carboxylic acids is 3. The van der Waals surface area contributed by atoms with Crippen LogP contribution in [0.3, 0.4) is 0 Å². The van der Waals surface area contributed by atoms with Gasteiger partial charge in [0, 0.05) is 6.54 Å². The van der Waals surface area contributed by atoms with Gasteiger partial charge in [0.05, 0.1) is 18.2 Å². The molecule has 0 radical (unpaired) electrons. The molecule has 0 bridgehead atoms. The van der Waals surface area contributed by atoms with Crippen LogP contribution in [-0.4, -0.2) is 48.9 Å². The fraction of sp³-hybridized carbons (Fsp3) is 0.348. The van der Waals surface area contributed by atoms with Crippen molar-refractivity contribution in [1.29, 1.82) is 0 Å². The predicted octanol–water partition coefficient (Wildman–Crippen LogP) is 3.28. The van der Waals surface area contributed by atoms with Crippen molar-refractivity contribution in [2.45, 2.75) is 32.9 Å². The summed E-state index contributed by atoms with van der Waals surface area (Å²) in [7, 11) is 1.35. The van der Waals surface area contributed by atoms with Gasteiger partial charge in [-0.3, -0.25) is 19.3 Å². The molecule has 0 aromatic heterocycles. The van der Waals surface area contributed by atoms with E-state index in [0.29, 0.717) is 12.0 Å². The Bertz CT molecular complexity index is 990. The molecule has 1 aliphatic heterocycles. The van der Waals surface area contributed by atoms with Gasteiger partial charge in [0.2, 0.25) is 5.91 Å². The fourth-order valence-corrected chi connectivity index (χ4v) is 3.68. The zero-order valence-electron chi connectivity index (χ0n) is 17.9. The number of methoxy groups -OCH3 is 1. The lowest BCUT2D eigenvalue weighted by Gasteiger charge is -2.28. The second-order valence-corrected chi connectivity index (χ2v) is 7.62. The molecule has 1 atom stereocenters. The van der Waals surface area contributed by atoms with E-state index in [1.165, 1.54) is 19.2 Å². The summed E-state index contributed by atoms with van der Waals surface area (Å²) in [5, 5.41) is 2.74. The third-order valence-electron chi connectivity index (χ3n) is 5.16. The molecule has 9 heteroatoms. The maximum Gasteiger partial charge on any atom is 0.387 e. The number of halogens is 2. The number of rotatable bonds is 9. The highest BCUT2D eigenvalue weighted by atomic mass is 19.3. The van der Waals surface area contributed by atoms with Crippen LogP contribution in [0.15, 0.2) is 42.5 Å². The summed E-state index contributed by atoms with van der Waals surface area (Å²) in [5.74, 6) is -1.70. The van der Waals surface area contributed by atoms with Crippen LogP contribution in [0.1, 0.15) is 40.1 Å². The van der Waals surface area contributed by atoms with Crippen molar-refractivity contribution >= 4 is 17.7 Å². The van der Waals surface area contributed by atoms with Gasteiger partial charge in [0.1, 0.15) is 6.04 Å². The molecule has 0 saturated heterocycles. The number of hydrogen-bond acceptors (Lipinski definition) is 5. The molecule has 1 unspecified atom stereocenters. The number of hydrogen-bond donors (Lipinski definition) is 1. The van der Waals surface area contributed by atoms with E-state index in [9.17, 15) is 23.2 Å². The maximum atomic E-state index is 12.9. The SMILES string of the molecule is COc1ccc(CCNC(=O)C(C(C)C)N2C(=O)c3ccccc3C2=O)cc1OC(F)F. The van der Waals surface area contributed by atoms with E-state index in [4.69, 9.17) is 4.74 Å². The molecule has 3 rings (SSSR count). The molecular weight excluding hydrogens is 422 g/mol. The Labute approximate surface area is 184 Å². The maximum absolute atomic E-state index is 12.9. The molecule has 2 aromatic carbocycles. The summed E-state index contributed by atoms with van der Waals surface area (Å²) in [6.45, 7) is 0.688. The van der Waals surface area contributed by atoms with Gasteiger partial charge in [0.15, 0.2) is 11.5 Å². The standard InChI is InChI=1S/C23H24F2N2O5/c1-13(2)19(27-21(29)15-6-4-5-7-16(15)22(27)30)20(28)26-11-10-14-8-9-17(31-3)18(12-14)32-23(24)25/h4-9,12-13,19,23H,10-11H2,1-3H3,(H,26,28). The summed E-state index contributed by atoms with van der Waals surface area (Å²) >= 11 is 0. The highest BCUT2D eigenvalue weighted by molar-refractivity contribution is 6.22. The lowest BCUT2D eigenvalue weighted by atomic mass is 10.0. The summed E-state index contributed by atoms with van der Waals surface area (Å²) in [5.41, 5.74) is 1.20. The number of imide groups is 1. The number of carbonyl (C=O) groups is 3. The molecule has 1 aliphatic rings. The zero-order valence-corrected chi connectivity index (χ0v) is 17.9. The van der Waals surface area contributed by atoms with Gasteiger partial charge in [-0.05, 0) is 42.2 Å². The Morgan fingerprint density at radius 1 is 1.03 bits per heavy atom. The van der Waals surface area contributed by atoms with Crippen molar-refractivity contribution < 1.29 is 32.6 Å². The van der Waals surface area contributed by atoms with Gasteiger partial charge in [-0.1, -0.05) is 32.0 Å². The van der Waals surface area contributed by atoms with Crippen molar-refractivity contribution in [3.05, 3.63) is 59.2 Å². The van der Waals surface area contributed by atoms with Gasteiger partial charge in [-0.15, -0.1) is 0 Å². The Hall–Kier alpha value is -3.49. The number of amides is 3. The fourth-order valence-electron chi connectivity index (χ4n) is 3.68. The first-order valence-corrected chi connectivity index (χ1v) is 10.1. The lowest BCUT2D eigenvalue weighted by molar-refractivity contribution is -0.126. The summed E-state index contributed by atoms with van der Waals surface area (Å²) < 4.78 is 34.7. The van der Waals surface area contributed by atoms with Crippen LogP contribution < -0.4 is 14.8 Å². The first kappa shape index (κ1) is 23.2. The monoisotopic (exact) mass is 446 g/mol. The molecule has 2 aromatic rings. The molecule has 0 spiro atoms. The smallest absolute Gasteiger partial charge is 0.387 e. The third kappa shape index (κ3) is 4.71. The number of nitrogens with one attached hydrogen (secondary N) is 1. The Balaban J connectivity index is 1.68. The number of alkyl halides is 2. The highest BCUT2D eigenvalue weighted by Crippen LogP contribution is 2.30. The van der Waals surface area contributed by atoms with Crippen molar-refractivity contribution in [1.82, 2.24) is 10.2 Å². The van der Waals surface area contributed by atoms with E-state index in [1.807, 2.05) is 0 Å². The molecule has 32 heavy (non-hydrogen) atoms. The van der Waals surface area contributed by atoms with Crippen LogP contribution in [0, 0.1) is 5.92 Å². The highest BCUT2D eigenvalue weighted by Gasteiger charge is 2.43. The van der Waals surface area contributed by atoms with E-state index in [2.05, 4.69) is 10.1 Å². The van der Waals surface area contributed by atoms with Crippen LogP contribution >= 0.6 is 0 Å². The molecule has 170 valence electrons. The largest absolute Gasteiger partial charge is 0.493 e.